The number of alkyl halides is 3. The first-order valence-electron chi connectivity index (χ1n) is 9.22. The number of rotatable bonds is 6. The van der Waals surface area contributed by atoms with Gasteiger partial charge in [-0.25, -0.2) is 9.97 Å². The number of amides is 1. The van der Waals surface area contributed by atoms with Crippen molar-refractivity contribution >= 4 is 11.9 Å². The second-order valence-electron chi connectivity index (χ2n) is 7.07. The maximum absolute atomic E-state index is 12.6. The van der Waals surface area contributed by atoms with E-state index in [1.165, 1.54) is 0 Å². The van der Waals surface area contributed by atoms with Crippen molar-refractivity contribution in [2.75, 3.05) is 37.7 Å². The molecule has 8 nitrogen and oxygen atoms in total. The molecule has 0 spiro atoms. The van der Waals surface area contributed by atoms with Crippen molar-refractivity contribution in [2.24, 2.45) is 5.73 Å². The second kappa shape index (κ2) is 8.58. The Morgan fingerprint density at radius 2 is 1.86 bits per heavy atom. The maximum Gasteiger partial charge on any atom is 0.419 e. The molecule has 0 radical (unpaired) electrons. The van der Waals surface area contributed by atoms with E-state index < -0.39 is 23.9 Å². The zero-order valence-electron chi connectivity index (χ0n) is 15.3. The Labute approximate surface area is 160 Å². The molecule has 3 rings (SSSR count). The summed E-state index contributed by atoms with van der Waals surface area (Å²) in [5.41, 5.74) is 4.72. The number of aliphatic hydroxyl groups is 1. The Hall–Kier alpha value is -1.98. The van der Waals surface area contributed by atoms with Crippen LogP contribution in [0.3, 0.4) is 0 Å². The van der Waals surface area contributed by atoms with Gasteiger partial charge in [-0.05, 0) is 12.8 Å². The van der Waals surface area contributed by atoms with Gasteiger partial charge in [0.25, 0.3) is 5.91 Å². The fraction of sp³-hybridized carbons (Fsp3) is 0.706. The molecule has 28 heavy (non-hydrogen) atoms. The number of hydrogen-bond donors (Lipinski definition) is 2. The van der Waals surface area contributed by atoms with Crippen LogP contribution >= 0.6 is 0 Å². The molecule has 2 saturated heterocycles. The summed E-state index contributed by atoms with van der Waals surface area (Å²) in [6, 6.07) is -0.452. The van der Waals surface area contributed by atoms with Crippen molar-refractivity contribution in [1.29, 1.82) is 0 Å². The summed E-state index contributed by atoms with van der Waals surface area (Å²) in [5, 5.41) is 8.93. The molecule has 156 valence electrons. The minimum absolute atomic E-state index is 0.0540. The van der Waals surface area contributed by atoms with Gasteiger partial charge in [0.1, 0.15) is 6.10 Å². The van der Waals surface area contributed by atoms with Crippen LogP contribution in [0, 0.1) is 0 Å². The van der Waals surface area contributed by atoms with Crippen LogP contribution in [0.2, 0.25) is 0 Å². The predicted molar refractivity (Wildman–Crippen MR) is 93.4 cm³/mol. The van der Waals surface area contributed by atoms with E-state index in [9.17, 15) is 18.0 Å². The quantitative estimate of drug-likeness (QED) is 0.709. The molecule has 0 saturated carbocycles. The fourth-order valence-corrected chi connectivity index (χ4v) is 3.49. The van der Waals surface area contributed by atoms with Gasteiger partial charge in [-0.3, -0.25) is 4.79 Å². The van der Waals surface area contributed by atoms with Crippen molar-refractivity contribution in [3.05, 3.63) is 18.0 Å². The summed E-state index contributed by atoms with van der Waals surface area (Å²) in [7, 11) is 0. The molecule has 0 bridgehead atoms. The highest BCUT2D eigenvalue weighted by molar-refractivity contribution is 5.83. The van der Waals surface area contributed by atoms with E-state index in [1.807, 2.05) is 4.90 Å². The number of nitrogens with zero attached hydrogens (tertiary/aromatic N) is 4. The molecule has 1 aromatic rings. The van der Waals surface area contributed by atoms with E-state index in [2.05, 4.69) is 9.97 Å². The summed E-state index contributed by atoms with van der Waals surface area (Å²) >= 11 is 0. The lowest BCUT2D eigenvalue weighted by Gasteiger charge is -2.36. The van der Waals surface area contributed by atoms with Crippen LogP contribution in [-0.4, -0.2) is 76.9 Å². The minimum Gasteiger partial charge on any atom is -0.395 e. The van der Waals surface area contributed by atoms with Crippen LogP contribution in [0.15, 0.2) is 12.4 Å². The minimum atomic E-state index is -4.46. The Morgan fingerprint density at radius 1 is 1.21 bits per heavy atom. The van der Waals surface area contributed by atoms with Gasteiger partial charge in [0.15, 0.2) is 0 Å². The average molecular weight is 403 g/mol. The number of aromatic nitrogens is 2. The topological polar surface area (TPSA) is 105 Å². The van der Waals surface area contributed by atoms with Crippen molar-refractivity contribution in [1.82, 2.24) is 14.9 Å². The predicted octanol–water partition coefficient (Wildman–Crippen LogP) is 0.401. The molecule has 3 heterocycles. The molecule has 2 aliphatic rings. The zero-order chi connectivity index (χ0) is 20.3. The molecule has 2 aliphatic heterocycles. The molecule has 2 fully saturated rings. The van der Waals surface area contributed by atoms with Crippen molar-refractivity contribution in [3.8, 4) is 0 Å². The first-order chi connectivity index (χ1) is 13.3. The largest absolute Gasteiger partial charge is 0.419 e. The summed E-state index contributed by atoms with van der Waals surface area (Å²) in [6.45, 7) is 1.64. The van der Waals surface area contributed by atoms with Gasteiger partial charge in [-0.15, -0.1) is 0 Å². The second-order valence-corrected chi connectivity index (χ2v) is 7.07. The first kappa shape index (κ1) is 20.7. The Kier molecular flexibility index (Phi) is 6.36. The number of anilines is 1. The number of carbonyl (C=O) groups excluding carboxylic acids is 1. The lowest BCUT2D eigenvalue weighted by molar-refractivity contribution is -0.140. The SMILES string of the molecule is NC(CO)COC1CCN(C2CCN(c3ncc(C(F)(F)F)cn3)CC2)C1=O. The van der Waals surface area contributed by atoms with Crippen molar-refractivity contribution < 1.29 is 27.8 Å². The van der Waals surface area contributed by atoms with Gasteiger partial charge in [0.2, 0.25) is 5.95 Å². The molecule has 0 aromatic carbocycles. The van der Waals surface area contributed by atoms with E-state index in [1.54, 1.807) is 4.90 Å². The van der Waals surface area contributed by atoms with E-state index in [0.717, 1.165) is 12.4 Å². The molecule has 1 aromatic heterocycles. The molecule has 1 amide bonds. The van der Waals surface area contributed by atoms with Crippen molar-refractivity contribution in [3.63, 3.8) is 0 Å². The molecular weight excluding hydrogens is 379 g/mol. The van der Waals surface area contributed by atoms with Gasteiger partial charge in [-0.2, -0.15) is 13.2 Å². The normalized spacial score (nSPS) is 22.8. The number of halogens is 3. The average Bonchev–Trinajstić information content (AvgIpc) is 3.06. The third-order valence-corrected chi connectivity index (χ3v) is 5.09. The Balaban J connectivity index is 1.51. The van der Waals surface area contributed by atoms with Crippen LogP contribution in [0.1, 0.15) is 24.8 Å². The first-order valence-corrected chi connectivity index (χ1v) is 9.22. The van der Waals surface area contributed by atoms with Gasteiger partial charge in [0.05, 0.1) is 24.8 Å². The van der Waals surface area contributed by atoms with Crippen LogP contribution in [-0.2, 0) is 15.7 Å². The lowest BCUT2D eigenvalue weighted by Crippen LogP contribution is -2.47. The lowest BCUT2D eigenvalue weighted by atomic mass is 10.0. The van der Waals surface area contributed by atoms with Crippen LogP contribution < -0.4 is 10.6 Å². The van der Waals surface area contributed by atoms with E-state index >= 15 is 0 Å². The Bertz CT molecular complexity index is 665. The van der Waals surface area contributed by atoms with Gasteiger partial charge >= 0.3 is 6.18 Å². The van der Waals surface area contributed by atoms with Crippen LogP contribution in [0.25, 0.3) is 0 Å². The monoisotopic (exact) mass is 403 g/mol. The molecule has 11 heteroatoms. The van der Waals surface area contributed by atoms with Gasteiger partial charge in [-0.1, -0.05) is 0 Å². The molecular formula is C17H24F3N5O3. The fourth-order valence-electron chi connectivity index (χ4n) is 3.49. The smallest absolute Gasteiger partial charge is 0.395 e. The summed E-state index contributed by atoms with van der Waals surface area (Å²) in [4.78, 5) is 23.8. The molecule has 0 aliphatic carbocycles. The van der Waals surface area contributed by atoms with Crippen molar-refractivity contribution in [2.45, 2.75) is 43.6 Å². The number of nitrogens with two attached hydrogens (primary N) is 1. The summed E-state index contributed by atoms with van der Waals surface area (Å²) < 4.78 is 43.4. The zero-order valence-corrected chi connectivity index (χ0v) is 15.3. The highest BCUT2D eigenvalue weighted by Crippen LogP contribution is 2.29. The molecule has 2 atom stereocenters. The van der Waals surface area contributed by atoms with E-state index in [0.29, 0.717) is 38.9 Å². The number of hydrogen-bond acceptors (Lipinski definition) is 7. The van der Waals surface area contributed by atoms with Gasteiger partial charge in [0, 0.05) is 44.5 Å². The molecule has 2 unspecified atom stereocenters. The third-order valence-electron chi connectivity index (χ3n) is 5.09. The Morgan fingerprint density at radius 3 is 2.43 bits per heavy atom. The van der Waals surface area contributed by atoms with E-state index in [4.69, 9.17) is 15.6 Å². The molecule has 3 N–H and O–H groups in total. The van der Waals surface area contributed by atoms with E-state index in [-0.39, 0.29) is 31.1 Å². The standard InChI is InChI=1S/C17H24F3N5O3/c18-17(19,20)11-7-22-16(23-8-11)24-4-1-13(2-5-24)25-6-3-14(15(25)27)28-10-12(21)9-26/h7-8,12-14,26H,1-6,9-10,21H2. The van der Waals surface area contributed by atoms with Crippen LogP contribution in [0.5, 0.6) is 0 Å². The summed E-state index contributed by atoms with van der Waals surface area (Å²) in [6.07, 6.45) is -1.47. The summed E-state index contributed by atoms with van der Waals surface area (Å²) in [5.74, 6) is 0.188. The van der Waals surface area contributed by atoms with Gasteiger partial charge < -0.3 is 25.4 Å². The number of ether oxygens (including phenoxy) is 1. The number of likely N-dealkylation sites (tertiary alicyclic amines) is 1. The maximum atomic E-state index is 12.6. The number of piperidine rings is 1. The van der Waals surface area contributed by atoms with Crippen LogP contribution in [0.4, 0.5) is 19.1 Å². The number of aliphatic hydroxyl groups excluding tert-OH is 1. The highest BCUT2D eigenvalue weighted by Gasteiger charge is 2.38. The third kappa shape index (κ3) is 4.70. The highest BCUT2D eigenvalue weighted by atomic mass is 19.4. The number of carbonyl (C=O) groups is 1.